The normalized spacial score (nSPS) is 38.4. The molecule has 0 aromatic heterocycles. The van der Waals surface area contributed by atoms with Gasteiger partial charge in [0, 0.05) is 29.6 Å². The molecule has 3 heteroatoms. The summed E-state index contributed by atoms with van der Waals surface area (Å²) in [7, 11) is 0. The zero-order valence-corrected chi connectivity index (χ0v) is 10.9. The Morgan fingerprint density at radius 1 is 1.40 bits per heavy atom. The van der Waals surface area contributed by atoms with Gasteiger partial charge in [-0.3, -0.25) is 0 Å². The van der Waals surface area contributed by atoms with Crippen LogP contribution >= 0.6 is 11.8 Å². The van der Waals surface area contributed by atoms with Crippen molar-refractivity contribution in [2.75, 3.05) is 25.4 Å². The Hall–Kier alpha value is 0.270. The molecule has 0 aliphatic carbocycles. The third-order valence-corrected chi connectivity index (χ3v) is 4.98. The Bertz CT molecular complexity index is 198. The molecule has 0 aromatic carbocycles. The van der Waals surface area contributed by atoms with Crippen molar-refractivity contribution < 1.29 is 0 Å². The molecular weight excluding hydrogens is 204 g/mol. The molecule has 2 rings (SSSR count). The van der Waals surface area contributed by atoms with Gasteiger partial charge in [0.25, 0.3) is 0 Å². The molecule has 2 saturated heterocycles. The zero-order valence-electron chi connectivity index (χ0n) is 10.0. The van der Waals surface area contributed by atoms with Crippen LogP contribution in [0.15, 0.2) is 0 Å². The Kier molecular flexibility index (Phi) is 4.35. The van der Waals surface area contributed by atoms with Crippen LogP contribution in [0.2, 0.25) is 0 Å². The summed E-state index contributed by atoms with van der Waals surface area (Å²) in [5.41, 5.74) is 0. The van der Waals surface area contributed by atoms with Crippen LogP contribution in [-0.2, 0) is 0 Å². The molecule has 0 amide bonds. The van der Waals surface area contributed by atoms with Gasteiger partial charge in [-0.2, -0.15) is 11.8 Å². The van der Waals surface area contributed by atoms with Crippen molar-refractivity contribution >= 4 is 11.8 Å². The molecule has 15 heavy (non-hydrogen) atoms. The number of likely N-dealkylation sites (N-methyl/N-ethyl adjacent to an activating group) is 1. The minimum atomic E-state index is 0.759. The van der Waals surface area contributed by atoms with Gasteiger partial charge in [-0.05, 0) is 32.4 Å². The van der Waals surface area contributed by atoms with Crippen LogP contribution in [0.4, 0.5) is 0 Å². The highest BCUT2D eigenvalue weighted by Crippen LogP contribution is 2.26. The number of rotatable bonds is 3. The van der Waals surface area contributed by atoms with Crippen LogP contribution < -0.4 is 5.32 Å². The quantitative estimate of drug-likeness (QED) is 0.795. The molecule has 0 saturated carbocycles. The third-order valence-electron chi connectivity index (χ3n) is 3.62. The third kappa shape index (κ3) is 3.36. The van der Waals surface area contributed by atoms with Crippen LogP contribution in [0.1, 0.15) is 33.1 Å². The molecule has 0 radical (unpaired) electrons. The van der Waals surface area contributed by atoms with Gasteiger partial charge in [-0.25, -0.2) is 0 Å². The number of nitrogens with one attached hydrogen (secondary N) is 1. The first-order valence-corrected chi connectivity index (χ1v) is 7.42. The van der Waals surface area contributed by atoms with Crippen molar-refractivity contribution in [3.8, 4) is 0 Å². The molecular formula is C12H24N2S. The zero-order chi connectivity index (χ0) is 10.7. The Balaban J connectivity index is 1.74. The van der Waals surface area contributed by atoms with Crippen molar-refractivity contribution in [1.82, 2.24) is 10.2 Å². The van der Waals surface area contributed by atoms with Gasteiger partial charge in [0.05, 0.1) is 0 Å². The van der Waals surface area contributed by atoms with E-state index in [2.05, 4.69) is 35.8 Å². The summed E-state index contributed by atoms with van der Waals surface area (Å²) in [5.74, 6) is 1.32. The highest BCUT2D eigenvalue weighted by atomic mass is 32.2. The maximum Gasteiger partial charge on any atom is 0.0198 e. The first-order chi connectivity index (χ1) is 7.28. The second-order valence-electron chi connectivity index (χ2n) is 4.98. The summed E-state index contributed by atoms with van der Waals surface area (Å²) in [6, 6.07) is 1.54. The predicted octanol–water partition coefficient (Wildman–Crippen LogP) is 1.95. The van der Waals surface area contributed by atoms with Gasteiger partial charge in [-0.15, -0.1) is 0 Å². The number of thioether (sulfide) groups is 1. The van der Waals surface area contributed by atoms with Crippen LogP contribution in [0, 0.1) is 0 Å². The fourth-order valence-electron chi connectivity index (χ4n) is 2.75. The van der Waals surface area contributed by atoms with E-state index < -0.39 is 0 Å². The van der Waals surface area contributed by atoms with Crippen molar-refractivity contribution in [3.05, 3.63) is 0 Å². The van der Waals surface area contributed by atoms with E-state index in [9.17, 15) is 0 Å². The number of nitrogens with zero attached hydrogens (tertiary/aromatic N) is 1. The van der Waals surface area contributed by atoms with Crippen molar-refractivity contribution in [2.24, 2.45) is 0 Å². The molecule has 0 aromatic rings. The van der Waals surface area contributed by atoms with E-state index in [0.717, 1.165) is 17.3 Å². The largest absolute Gasteiger partial charge is 0.309 e. The van der Waals surface area contributed by atoms with Crippen LogP contribution in [0.5, 0.6) is 0 Å². The Labute approximate surface area is 98.2 Å². The summed E-state index contributed by atoms with van der Waals surface area (Å²) in [6.45, 7) is 8.42. The van der Waals surface area contributed by atoms with E-state index in [-0.39, 0.29) is 0 Å². The van der Waals surface area contributed by atoms with Crippen LogP contribution in [0.25, 0.3) is 0 Å². The molecule has 2 aliphatic rings. The molecule has 2 heterocycles. The number of hydrogen-bond donors (Lipinski definition) is 1. The van der Waals surface area contributed by atoms with Crippen LogP contribution in [-0.4, -0.2) is 47.6 Å². The average Bonchev–Trinajstić information content (AvgIpc) is 2.64. The van der Waals surface area contributed by atoms with Gasteiger partial charge >= 0.3 is 0 Å². The lowest BCUT2D eigenvalue weighted by molar-refractivity contribution is 0.192. The Morgan fingerprint density at radius 2 is 2.27 bits per heavy atom. The van der Waals surface area contributed by atoms with E-state index in [1.165, 1.54) is 44.6 Å². The highest BCUT2D eigenvalue weighted by molar-refractivity contribution is 8.00. The molecule has 2 aliphatic heterocycles. The standard InChI is InChI=1S/C12H24N2S/c1-3-14-6-4-5-11(8-14)13-12-7-10(2)15-9-12/h10-13H,3-9H2,1-2H3. The first kappa shape index (κ1) is 11.7. The molecule has 0 bridgehead atoms. The molecule has 2 nitrogen and oxygen atoms in total. The fraction of sp³-hybridized carbons (Fsp3) is 1.00. The highest BCUT2D eigenvalue weighted by Gasteiger charge is 2.26. The summed E-state index contributed by atoms with van der Waals surface area (Å²) in [4.78, 5) is 2.58. The van der Waals surface area contributed by atoms with Gasteiger partial charge in [-0.1, -0.05) is 13.8 Å². The SMILES string of the molecule is CCN1CCCC(NC2CSC(C)C2)C1. The van der Waals surface area contributed by atoms with Crippen molar-refractivity contribution in [3.63, 3.8) is 0 Å². The fourth-order valence-corrected chi connectivity index (χ4v) is 3.91. The van der Waals surface area contributed by atoms with Crippen molar-refractivity contribution in [1.29, 1.82) is 0 Å². The van der Waals surface area contributed by atoms with Gasteiger partial charge in [0.1, 0.15) is 0 Å². The number of likely N-dealkylation sites (tertiary alicyclic amines) is 1. The summed E-state index contributed by atoms with van der Waals surface area (Å²) >= 11 is 2.12. The average molecular weight is 228 g/mol. The predicted molar refractivity (Wildman–Crippen MR) is 68.6 cm³/mol. The van der Waals surface area contributed by atoms with Gasteiger partial charge in [0.15, 0.2) is 0 Å². The molecule has 0 spiro atoms. The Morgan fingerprint density at radius 3 is 2.93 bits per heavy atom. The minimum absolute atomic E-state index is 0.759. The first-order valence-electron chi connectivity index (χ1n) is 6.38. The summed E-state index contributed by atoms with van der Waals surface area (Å²) < 4.78 is 0. The van der Waals surface area contributed by atoms with E-state index in [4.69, 9.17) is 0 Å². The summed E-state index contributed by atoms with van der Waals surface area (Å²) in [5, 5.41) is 4.72. The van der Waals surface area contributed by atoms with Gasteiger partial charge < -0.3 is 10.2 Å². The second-order valence-corrected chi connectivity index (χ2v) is 6.45. The van der Waals surface area contributed by atoms with E-state index in [0.29, 0.717) is 0 Å². The molecule has 1 N–H and O–H groups in total. The lowest BCUT2D eigenvalue weighted by Gasteiger charge is -2.34. The van der Waals surface area contributed by atoms with Crippen LogP contribution in [0.3, 0.4) is 0 Å². The number of hydrogen-bond acceptors (Lipinski definition) is 3. The molecule has 88 valence electrons. The summed E-state index contributed by atoms with van der Waals surface area (Å²) in [6.07, 6.45) is 4.13. The van der Waals surface area contributed by atoms with E-state index in [1.807, 2.05) is 0 Å². The maximum atomic E-state index is 3.85. The van der Waals surface area contributed by atoms with Gasteiger partial charge in [0.2, 0.25) is 0 Å². The monoisotopic (exact) mass is 228 g/mol. The second kappa shape index (κ2) is 5.55. The molecule has 2 fully saturated rings. The van der Waals surface area contributed by atoms with E-state index in [1.54, 1.807) is 0 Å². The molecule has 3 atom stereocenters. The lowest BCUT2D eigenvalue weighted by atomic mass is 10.0. The van der Waals surface area contributed by atoms with Crippen molar-refractivity contribution in [2.45, 2.75) is 50.4 Å². The maximum absolute atomic E-state index is 3.85. The smallest absolute Gasteiger partial charge is 0.0198 e. The van der Waals surface area contributed by atoms with E-state index >= 15 is 0 Å². The number of piperidine rings is 1. The molecule has 3 unspecified atom stereocenters. The topological polar surface area (TPSA) is 15.3 Å². The minimum Gasteiger partial charge on any atom is -0.309 e. The lowest BCUT2D eigenvalue weighted by Crippen LogP contribution is -2.49.